The van der Waals surface area contributed by atoms with Crippen molar-refractivity contribution in [3.8, 4) is 5.75 Å². The van der Waals surface area contributed by atoms with Gasteiger partial charge >= 0.3 is 5.91 Å². The fourth-order valence-corrected chi connectivity index (χ4v) is 1.83. The van der Waals surface area contributed by atoms with Crippen molar-refractivity contribution in [3.05, 3.63) is 53.0 Å². The highest BCUT2D eigenvalue weighted by Crippen LogP contribution is 2.21. The van der Waals surface area contributed by atoms with E-state index in [1.807, 2.05) is 17.6 Å². The maximum Gasteiger partial charge on any atom is 0.301 e. The van der Waals surface area contributed by atoms with Crippen LogP contribution in [0, 0.1) is 6.92 Å². The van der Waals surface area contributed by atoms with E-state index in [-0.39, 0.29) is 19.0 Å². The van der Waals surface area contributed by atoms with E-state index in [0.717, 1.165) is 0 Å². The number of nitrogen functional groups attached to an aromatic ring is 1. The van der Waals surface area contributed by atoms with Gasteiger partial charge < -0.3 is 14.3 Å². The highest BCUT2D eigenvalue weighted by atomic mass is 16.5. The average molecular weight is 276 g/mol. The third-order valence-corrected chi connectivity index (χ3v) is 2.82. The van der Waals surface area contributed by atoms with Gasteiger partial charge in [-0.15, -0.1) is 0 Å². The normalized spacial score (nSPS) is 10.3. The fraction of sp³-hybridized carbons (Fsp3) is 0.214. The SMILES string of the molecule is Cc1cc(COc2ccccc2CO)oc1C(=O)NN. The number of ether oxygens (including phenoxy) is 1. The van der Waals surface area contributed by atoms with Gasteiger partial charge in [-0.05, 0) is 19.1 Å². The van der Waals surface area contributed by atoms with Crippen LogP contribution in [0.15, 0.2) is 34.7 Å². The van der Waals surface area contributed by atoms with Gasteiger partial charge in [0.25, 0.3) is 0 Å². The molecule has 0 aliphatic rings. The zero-order chi connectivity index (χ0) is 14.5. The van der Waals surface area contributed by atoms with Crippen molar-refractivity contribution in [1.29, 1.82) is 0 Å². The fourth-order valence-electron chi connectivity index (χ4n) is 1.83. The van der Waals surface area contributed by atoms with Gasteiger partial charge in [0.2, 0.25) is 0 Å². The van der Waals surface area contributed by atoms with E-state index in [4.69, 9.17) is 15.0 Å². The molecule has 0 saturated carbocycles. The Balaban J connectivity index is 2.10. The number of furan rings is 1. The number of hydrazine groups is 1. The highest BCUT2D eigenvalue weighted by molar-refractivity contribution is 5.92. The van der Waals surface area contributed by atoms with E-state index >= 15 is 0 Å². The van der Waals surface area contributed by atoms with Crippen molar-refractivity contribution in [2.75, 3.05) is 0 Å². The topological polar surface area (TPSA) is 97.7 Å². The molecular formula is C14H16N2O4. The number of hydrogen-bond donors (Lipinski definition) is 3. The maximum absolute atomic E-state index is 11.4. The molecule has 1 aromatic carbocycles. The molecule has 0 unspecified atom stereocenters. The van der Waals surface area contributed by atoms with Crippen molar-refractivity contribution >= 4 is 5.91 Å². The van der Waals surface area contributed by atoms with Crippen molar-refractivity contribution in [1.82, 2.24) is 5.43 Å². The summed E-state index contributed by atoms with van der Waals surface area (Å²) in [6, 6.07) is 8.88. The molecule has 1 heterocycles. The number of carbonyl (C=O) groups excluding carboxylic acids is 1. The largest absolute Gasteiger partial charge is 0.485 e. The van der Waals surface area contributed by atoms with Crippen LogP contribution in [0.1, 0.15) is 27.4 Å². The molecule has 6 nitrogen and oxygen atoms in total. The smallest absolute Gasteiger partial charge is 0.301 e. The number of aryl methyl sites for hydroxylation is 1. The Hall–Kier alpha value is -2.31. The molecule has 0 atom stereocenters. The van der Waals surface area contributed by atoms with E-state index in [9.17, 15) is 9.90 Å². The minimum atomic E-state index is -0.482. The summed E-state index contributed by atoms with van der Waals surface area (Å²) in [6.07, 6.45) is 0. The van der Waals surface area contributed by atoms with Gasteiger partial charge in [-0.25, -0.2) is 5.84 Å². The standard InChI is InChI=1S/C14H16N2O4/c1-9-6-11(20-13(9)14(18)16-15)8-19-12-5-3-2-4-10(12)7-17/h2-6,17H,7-8,15H2,1H3,(H,16,18). The number of nitrogens with two attached hydrogens (primary N) is 1. The third kappa shape index (κ3) is 2.98. The van der Waals surface area contributed by atoms with Crippen LogP contribution in [-0.2, 0) is 13.2 Å². The summed E-state index contributed by atoms with van der Waals surface area (Å²) in [4.78, 5) is 11.4. The zero-order valence-electron chi connectivity index (χ0n) is 11.1. The number of carbonyl (C=O) groups is 1. The Morgan fingerprint density at radius 2 is 2.20 bits per heavy atom. The monoisotopic (exact) mass is 276 g/mol. The number of benzene rings is 1. The Bertz CT molecular complexity index is 607. The Labute approximate surface area is 116 Å². The minimum absolute atomic E-state index is 0.103. The van der Waals surface area contributed by atoms with Gasteiger partial charge in [0.05, 0.1) is 6.61 Å². The number of hydrogen-bond acceptors (Lipinski definition) is 5. The molecule has 0 bridgehead atoms. The van der Waals surface area contributed by atoms with Gasteiger partial charge in [0.1, 0.15) is 18.1 Å². The van der Waals surface area contributed by atoms with Crippen LogP contribution in [0.2, 0.25) is 0 Å². The number of para-hydroxylation sites is 1. The molecule has 2 rings (SSSR count). The molecule has 0 radical (unpaired) electrons. The van der Waals surface area contributed by atoms with Crippen LogP contribution in [0.25, 0.3) is 0 Å². The summed E-state index contributed by atoms with van der Waals surface area (Å²) in [5.41, 5.74) is 3.39. The number of amides is 1. The van der Waals surface area contributed by atoms with E-state index in [2.05, 4.69) is 0 Å². The first-order chi connectivity index (χ1) is 9.65. The molecule has 0 spiro atoms. The predicted molar refractivity (Wildman–Crippen MR) is 71.8 cm³/mol. The Kier molecular flexibility index (Phi) is 4.39. The molecule has 4 N–H and O–H groups in total. The van der Waals surface area contributed by atoms with Crippen molar-refractivity contribution < 1.29 is 19.1 Å². The van der Waals surface area contributed by atoms with Gasteiger partial charge in [-0.3, -0.25) is 10.2 Å². The molecule has 6 heteroatoms. The summed E-state index contributed by atoms with van der Waals surface area (Å²) in [5, 5.41) is 9.20. The van der Waals surface area contributed by atoms with E-state index in [0.29, 0.717) is 22.6 Å². The summed E-state index contributed by atoms with van der Waals surface area (Å²) in [5.74, 6) is 5.84. The summed E-state index contributed by atoms with van der Waals surface area (Å²) in [6.45, 7) is 1.81. The lowest BCUT2D eigenvalue weighted by Crippen LogP contribution is -2.30. The van der Waals surface area contributed by atoms with Gasteiger partial charge in [-0.2, -0.15) is 0 Å². The van der Waals surface area contributed by atoms with Crippen molar-refractivity contribution in [3.63, 3.8) is 0 Å². The first kappa shape index (κ1) is 14.1. The number of nitrogens with one attached hydrogen (secondary N) is 1. The molecular weight excluding hydrogens is 260 g/mol. The molecule has 0 aliphatic carbocycles. The lowest BCUT2D eigenvalue weighted by Gasteiger charge is -2.08. The van der Waals surface area contributed by atoms with E-state index in [1.165, 1.54) is 0 Å². The minimum Gasteiger partial charge on any atom is -0.485 e. The van der Waals surface area contributed by atoms with E-state index in [1.54, 1.807) is 25.1 Å². The second kappa shape index (κ2) is 6.23. The number of aliphatic hydroxyl groups excluding tert-OH is 1. The van der Waals surface area contributed by atoms with Crippen molar-refractivity contribution in [2.45, 2.75) is 20.1 Å². The van der Waals surface area contributed by atoms with Crippen molar-refractivity contribution in [2.24, 2.45) is 5.84 Å². The van der Waals surface area contributed by atoms with Crippen LogP contribution in [0.3, 0.4) is 0 Å². The summed E-state index contributed by atoms with van der Waals surface area (Å²) < 4.78 is 11.0. The molecule has 20 heavy (non-hydrogen) atoms. The second-order valence-corrected chi connectivity index (χ2v) is 4.25. The first-order valence-electron chi connectivity index (χ1n) is 6.07. The van der Waals surface area contributed by atoms with Crippen LogP contribution in [0.4, 0.5) is 0 Å². The molecule has 2 aromatic rings. The third-order valence-electron chi connectivity index (χ3n) is 2.82. The van der Waals surface area contributed by atoms with Gasteiger partial charge in [0, 0.05) is 11.1 Å². The summed E-state index contributed by atoms with van der Waals surface area (Å²) >= 11 is 0. The van der Waals surface area contributed by atoms with Crippen LogP contribution >= 0.6 is 0 Å². The Morgan fingerprint density at radius 3 is 2.90 bits per heavy atom. The predicted octanol–water partition coefficient (Wildman–Crippen LogP) is 1.26. The number of rotatable bonds is 5. The Morgan fingerprint density at radius 1 is 1.45 bits per heavy atom. The van der Waals surface area contributed by atoms with Crippen LogP contribution in [0.5, 0.6) is 5.75 Å². The van der Waals surface area contributed by atoms with Crippen LogP contribution in [-0.4, -0.2) is 11.0 Å². The molecule has 0 fully saturated rings. The highest BCUT2D eigenvalue weighted by Gasteiger charge is 2.15. The number of aliphatic hydroxyl groups is 1. The van der Waals surface area contributed by atoms with Gasteiger partial charge in [0.15, 0.2) is 5.76 Å². The quantitative estimate of drug-likeness (QED) is 0.434. The average Bonchev–Trinajstić information content (AvgIpc) is 2.85. The molecule has 1 aromatic heterocycles. The van der Waals surface area contributed by atoms with E-state index < -0.39 is 5.91 Å². The van der Waals surface area contributed by atoms with Crippen LogP contribution < -0.4 is 16.0 Å². The second-order valence-electron chi connectivity index (χ2n) is 4.25. The first-order valence-corrected chi connectivity index (χ1v) is 6.07. The molecule has 0 aliphatic heterocycles. The maximum atomic E-state index is 11.4. The molecule has 1 amide bonds. The lowest BCUT2D eigenvalue weighted by molar-refractivity contribution is 0.0921. The summed E-state index contributed by atoms with van der Waals surface area (Å²) in [7, 11) is 0. The van der Waals surface area contributed by atoms with Gasteiger partial charge in [-0.1, -0.05) is 18.2 Å². The zero-order valence-corrected chi connectivity index (χ0v) is 11.1. The lowest BCUT2D eigenvalue weighted by atomic mass is 10.2. The molecule has 0 saturated heterocycles. The molecule has 106 valence electrons.